The number of hydrogen-bond acceptors (Lipinski definition) is 2. The van der Waals surface area contributed by atoms with Gasteiger partial charge in [-0.05, 0) is 26.3 Å². The van der Waals surface area contributed by atoms with Crippen LogP contribution in [0.2, 0.25) is 0 Å². The van der Waals surface area contributed by atoms with Crippen molar-refractivity contribution in [1.29, 1.82) is 0 Å². The van der Waals surface area contributed by atoms with Gasteiger partial charge in [0.2, 0.25) is 0 Å². The molecule has 1 heterocycles. The Morgan fingerprint density at radius 1 is 1.24 bits per heavy atom. The number of hydrogen-bond donors (Lipinski definition) is 1. The standard InChI is InChI=1S/C14H18N2O/c1-4-16-8-13(15-9-16)14(17)12-6-10(2)5-11(3)7-12/h5-9,14,17H,4H2,1-3H3. The number of imidazole rings is 1. The molecule has 1 aromatic carbocycles. The Bertz CT molecular complexity index is 496. The largest absolute Gasteiger partial charge is 0.382 e. The quantitative estimate of drug-likeness (QED) is 0.880. The van der Waals surface area contributed by atoms with E-state index in [-0.39, 0.29) is 0 Å². The zero-order valence-corrected chi connectivity index (χ0v) is 10.5. The fraction of sp³-hybridized carbons (Fsp3) is 0.357. The van der Waals surface area contributed by atoms with Gasteiger partial charge in [0.1, 0.15) is 6.10 Å². The lowest BCUT2D eigenvalue weighted by Gasteiger charge is -2.10. The molecule has 1 N–H and O–H groups in total. The van der Waals surface area contributed by atoms with Crippen molar-refractivity contribution in [3.05, 3.63) is 53.1 Å². The summed E-state index contributed by atoms with van der Waals surface area (Å²) in [5, 5.41) is 10.3. The summed E-state index contributed by atoms with van der Waals surface area (Å²) in [5.74, 6) is 0. The Labute approximate surface area is 102 Å². The van der Waals surface area contributed by atoms with Gasteiger partial charge in [0.25, 0.3) is 0 Å². The molecule has 3 nitrogen and oxygen atoms in total. The molecule has 90 valence electrons. The summed E-state index contributed by atoms with van der Waals surface area (Å²) in [6.45, 7) is 6.99. The average Bonchev–Trinajstić information content (AvgIpc) is 2.75. The number of aryl methyl sites for hydroxylation is 3. The molecule has 1 unspecified atom stereocenters. The average molecular weight is 230 g/mol. The Morgan fingerprint density at radius 3 is 2.41 bits per heavy atom. The van der Waals surface area contributed by atoms with Crippen molar-refractivity contribution in [2.45, 2.75) is 33.4 Å². The van der Waals surface area contributed by atoms with E-state index in [0.717, 1.165) is 23.2 Å². The van der Waals surface area contributed by atoms with E-state index in [1.165, 1.54) is 0 Å². The highest BCUT2D eigenvalue weighted by Gasteiger charge is 2.13. The number of aliphatic hydroxyl groups excluding tert-OH is 1. The van der Waals surface area contributed by atoms with Crippen LogP contribution in [0.1, 0.15) is 35.4 Å². The van der Waals surface area contributed by atoms with E-state index in [9.17, 15) is 5.11 Å². The molecule has 3 heteroatoms. The molecule has 0 amide bonds. The molecular formula is C14H18N2O. The smallest absolute Gasteiger partial charge is 0.123 e. The van der Waals surface area contributed by atoms with E-state index >= 15 is 0 Å². The lowest BCUT2D eigenvalue weighted by Crippen LogP contribution is -2.01. The second-order valence-corrected chi connectivity index (χ2v) is 4.45. The third kappa shape index (κ3) is 2.56. The molecule has 2 rings (SSSR count). The van der Waals surface area contributed by atoms with Crippen LogP contribution in [0.4, 0.5) is 0 Å². The van der Waals surface area contributed by atoms with Crippen molar-refractivity contribution >= 4 is 0 Å². The van der Waals surface area contributed by atoms with Crippen molar-refractivity contribution < 1.29 is 5.11 Å². The van der Waals surface area contributed by atoms with E-state index < -0.39 is 6.10 Å². The third-order valence-electron chi connectivity index (χ3n) is 2.86. The number of rotatable bonds is 3. The van der Waals surface area contributed by atoms with E-state index in [2.05, 4.69) is 18.0 Å². The predicted octanol–water partition coefficient (Wildman–Crippen LogP) is 2.60. The Morgan fingerprint density at radius 2 is 1.88 bits per heavy atom. The van der Waals surface area contributed by atoms with Crippen LogP contribution in [0, 0.1) is 13.8 Å². The number of benzene rings is 1. The van der Waals surface area contributed by atoms with Gasteiger partial charge in [-0.15, -0.1) is 0 Å². The van der Waals surface area contributed by atoms with Gasteiger partial charge in [-0.3, -0.25) is 0 Å². The molecule has 1 atom stereocenters. The SMILES string of the molecule is CCn1cnc(C(O)c2cc(C)cc(C)c2)c1. The minimum atomic E-state index is -0.638. The van der Waals surface area contributed by atoms with Crippen molar-refractivity contribution in [2.75, 3.05) is 0 Å². The van der Waals surface area contributed by atoms with Gasteiger partial charge in [-0.25, -0.2) is 4.98 Å². The maximum Gasteiger partial charge on any atom is 0.123 e. The zero-order valence-electron chi connectivity index (χ0n) is 10.5. The fourth-order valence-corrected chi connectivity index (χ4v) is 2.03. The molecule has 2 aromatic rings. The van der Waals surface area contributed by atoms with Gasteiger partial charge >= 0.3 is 0 Å². The normalized spacial score (nSPS) is 12.7. The fourth-order valence-electron chi connectivity index (χ4n) is 2.03. The van der Waals surface area contributed by atoms with Crippen LogP contribution in [-0.4, -0.2) is 14.7 Å². The Hall–Kier alpha value is -1.61. The third-order valence-corrected chi connectivity index (χ3v) is 2.86. The van der Waals surface area contributed by atoms with Gasteiger partial charge in [-0.2, -0.15) is 0 Å². The number of aromatic nitrogens is 2. The number of nitrogens with zero attached hydrogens (tertiary/aromatic N) is 2. The summed E-state index contributed by atoms with van der Waals surface area (Å²) in [6.07, 6.45) is 3.00. The van der Waals surface area contributed by atoms with Crippen molar-refractivity contribution in [1.82, 2.24) is 9.55 Å². The summed E-state index contributed by atoms with van der Waals surface area (Å²) in [7, 11) is 0. The first-order chi connectivity index (χ1) is 8.10. The molecular weight excluding hydrogens is 212 g/mol. The highest BCUT2D eigenvalue weighted by molar-refractivity contribution is 5.33. The van der Waals surface area contributed by atoms with E-state index in [1.807, 2.05) is 36.7 Å². The molecule has 0 spiro atoms. The summed E-state index contributed by atoms with van der Waals surface area (Å²) in [4.78, 5) is 4.24. The topological polar surface area (TPSA) is 38.0 Å². The van der Waals surface area contributed by atoms with Crippen LogP contribution < -0.4 is 0 Å². The lowest BCUT2D eigenvalue weighted by molar-refractivity contribution is 0.215. The molecule has 1 aromatic heterocycles. The Balaban J connectivity index is 2.32. The van der Waals surface area contributed by atoms with Crippen LogP contribution in [-0.2, 0) is 6.54 Å². The molecule has 0 aliphatic heterocycles. The first-order valence-corrected chi connectivity index (χ1v) is 5.88. The van der Waals surface area contributed by atoms with Crippen molar-refractivity contribution in [3.8, 4) is 0 Å². The summed E-state index contributed by atoms with van der Waals surface area (Å²) in [6, 6.07) is 6.10. The van der Waals surface area contributed by atoms with Crippen LogP contribution >= 0.6 is 0 Å². The van der Waals surface area contributed by atoms with Crippen LogP contribution in [0.5, 0.6) is 0 Å². The molecule has 0 saturated carbocycles. The first-order valence-electron chi connectivity index (χ1n) is 5.88. The highest BCUT2D eigenvalue weighted by atomic mass is 16.3. The second-order valence-electron chi connectivity index (χ2n) is 4.45. The van der Waals surface area contributed by atoms with Crippen molar-refractivity contribution in [3.63, 3.8) is 0 Å². The molecule has 0 fully saturated rings. The summed E-state index contributed by atoms with van der Waals surface area (Å²) in [5.41, 5.74) is 3.93. The maximum atomic E-state index is 10.3. The summed E-state index contributed by atoms with van der Waals surface area (Å²) >= 11 is 0. The maximum absolute atomic E-state index is 10.3. The van der Waals surface area contributed by atoms with Crippen molar-refractivity contribution in [2.24, 2.45) is 0 Å². The van der Waals surface area contributed by atoms with Crippen LogP contribution in [0.15, 0.2) is 30.7 Å². The predicted molar refractivity (Wildman–Crippen MR) is 67.9 cm³/mol. The highest BCUT2D eigenvalue weighted by Crippen LogP contribution is 2.22. The van der Waals surface area contributed by atoms with Gasteiger partial charge in [0, 0.05) is 12.7 Å². The molecule has 17 heavy (non-hydrogen) atoms. The monoisotopic (exact) mass is 230 g/mol. The zero-order chi connectivity index (χ0) is 12.4. The van der Waals surface area contributed by atoms with Gasteiger partial charge < -0.3 is 9.67 Å². The van der Waals surface area contributed by atoms with E-state index in [4.69, 9.17) is 0 Å². The first kappa shape index (κ1) is 11.9. The molecule has 0 bridgehead atoms. The van der Waals surface area contributed by atoms with E-state index in [1.54, 1.807) is 6.33 Å². The van der Waals surface area contributed by atoms with Gasteiger partial charge in [0.15, 0.2) is 0 Å². The Kier molecular flexibility index (Phi) is 3.29. The lowest BCUT2D eigenvalue weighted by atomic mass is 10.0. The van der Waals surface area contributed by atoms with Crippen LogP contribution in [0.3, 0.4) is 0 Å². The van der Waals surface area contributed by atoms with Crippen LogP contribution in [0.25, 0.3) is 0 Å². The van der Waals surface area contributed by atoms with Gasteiger partial charge in [-0.1, -0.05) is 29.3 Å². The minimum Gasteiger partial charge on any atom is -0.382 e. The molecule has 0 radical (unpaired) electrons. The minimum absolute atomic E-state index is 0.638. The van der Waals surface area contributed by atoms with Gasteiger partial charge in [0.05, 0.1) is 12.0 Å². The summed E-state index contributed by atoms with van der Waals surface area (Å²) < 4.78 is 1.96. The number of aliphatic hydroxyl groups is 1. The molecule has 0 aliphatic carbocycles. The molecule has 0 saturated heterocycles. The second kappa shape index (κ2) is 4.72. The van der Waals surface area contributed by atoms with E-state index in [0.29, 0.717) is 5.69 Å². The molecule has 0 aliphatic rings.